The van der Waals surface area contributed by atoms with Gasteiger partial charge in [-0.25, -0.2) is 13.8 Å². The van der Waals surface area contributed by atoms with Crippen molar-refractivity contribution < 1.29 is 23.2 Å². The van der Waals surface area contributed by atoms with Crippen LogP contribution < -0.4 is 10.4 Å². The number of fused-ring (bicyclic) bond motifs is 1. The summed E-state index contributed by atoms with van der Waals surface area (Å²) < 4.78 is 33.1. The molecule has 2 N–H and O–H groups in total. The van der Waals surface area contributed by atoms with E-state index in [1.165, 1.54) is 11.0 Å². The Morgan fingerprint density at radius 2 is 1.91 bits per heavy atom. The SMILES string of the molecule is CCOP1NC(C2=C(O)C(C(C)(C)C)N(Cc3ccc(F)c(F)c3)C2=O)=Nc2ccccc21. The van der Waals surface area contributed by atoms with Crippen LogP contribution in [0, 0.1) is 17.0 Å². The van der Waals surface area contributed by atoms with Gasteiger partial charge in [0.2, 0.25) is 0 Å². The van der Waals surface area contributed by atoms with Crippen LogP contribution in [-0.2, 0) is 15.9 Å². The van der Waals surface area contributed by atoms with E-state index in [2.05, 4.69) is 10.1 Å². The van der Waals surface area contributed by atoms with Crippen molar-refractivity contribution in [3.05, 3.63) is 71.0 Å². The molecule has 2 aromatic rings. The summed E-state index contributed by atoms with van der Waals surface area (Å²) in [6.45, 7) is 8.07. The van der Waals surface area contributed by atoms with Gasteiger partial charge in [0.15, 0.2) is 19.9 Å². The van der Waals surface area contributed by atoms with Crippen molar-refractivity contribution in [1.82, 2.24) is 9.99 Å². The van der Waals surface area contributed by atoms with E-state index in [1.54, 1.807) is 0 Å². The van der Waals surface area contributed by atoms with Crippen LogP contribution in [0.15, 0.2) is 58.8 Å². The van der Waals surface area contributed by atoms with Gasteiger partial charge < -0.3 is 19.6 Å². The summed E-state index contributed by atoms with van der Waals surface area (Å²) in [5, 5.41) is 15.3. The highest BCUT2D eigenvalue weighted by atomic mass is 31.2. The lowest BCUT2D eigenvalue weighted by Crippen LogP contribution is -2.43. The fraction of sp³-hybridized carbons (Fsp3) is 0.333. The minimum atomic E-state index is -1.28. The number of benzene rings is 2. The lowest BCUT2D eigenvalue weighted by Gasteiger charge is -2.35. The van der Waals surface area contributed by atoms with E-state index >= 15 is 0 Å². The first kappa shape index (κ1) is 23.3. The predicted octanol–water partition coefficient (Wildman–Crippen LogP) is 4.84. The minimum absolute atomic E-state index is 0.00954. The molecule has 0 aliphatic carbocycles. The second-order valence-electron chi connectivity index (χ2n) is 8.98. The molecule has 33 heavy (non-hydrogen) atoms. The van der Waals surface area contributed by atoms with Gasteiger partial charge in [-0.1, -0.05) is 39.0 Å². The van der Waals surface area contributed by atoms with Crippen molar-refractivity contribution in [2.45, 2.75) is 40.3 Å². The van der Waals surface area contributed by atoms with Crippen LogP contribution in [-0.4, -0.2) is 34.4 Å². The van der Waals surface area contributed by atoms with Crippen LogP contribution in [0.2, 0.25) is 0 Å². The Morgan fingerprint density at radius 3 is 2.58 bits per heavy atom. The van der Waals surface area contributed by atoms with Crippen LogP contribution in [0.4, 0.5) is 14.5 Å². The molecule has 1 amide bonds. The van der Waals surface area contributed by atoms with Crippen molar-refractivity contribution in [3.8, 4) is 0 Å². The standard InChI is InChI=1S/C24H26F2N3O3P/c1-5-32-33-18-9-7-6-8-17(18)27-22(28-33)19-20(30)21(24(2,3)4)29(23(19)31)13-14-10-11-15(25)16(26)12-14/h6-12,21,30H,5,13H2,1-4H3,(H,27,28). The Morgan fingerprint density at radius 1 is 1.18 bits per heavy atom. The molecule has 9 heteroatoms. The number of amidine groups is 1. The Labute approximate surface area is 192 Å². The highest BCUT2D eigenvalue weighted by Gasteiger charge is 2.47. The molecule has 2 aliphatic rings. The average molecular weight is 473 g/mol. The van der Waals surface area contributed by atoms with Crippen LogP contribution in [0.3, 0.4) is 0 Å². The van der Waals surface area contributed by atoms with Gasteiger partial charge >= 0.3 is 0 Å². The Kier molecular flexibility index (Phi) is 6.25. The quantitative estimate of drug-likeness (QED) is 0.610. The molecule has 0 fully saturated rings. The van der Waals surface area contributed by atoms with Crippen molar-refractivity contribution in [2.24, 2.45) is 10.4 Å². The molecule has 2 unspecified atom stereocenters. The lowest BCUT2D eigenvalue weighted by atomic mass is 9.85. The summed E-state index contributed by atoms with van der Waals surface area (Å²) in [7, 11) is -1.28. The van der Waals surface area contributed by atoms with Gasteiger partial charge in [0.1, 0.15) is 17.2 Å². The second-order valence-corrected chi connectivity index (χ2v) is 10.5. The number of hydrogen-bond acceptors (Lipinski definition) is 5. The second kappa shape index (κ2) is 8.84. The molecule has 0 saturated heterocycles. The summed E-state index contributed by atoms with van der Waals surface area (Å²) in [6.07, 6.45) is 0. The molecule has 174 valence electrons. The predicted molar refractivity (Wildman–Crippen MR) is 125 cm³/mol. The third-order valence-corrected chi connectivity index (χ3v) is 7.24. The van der Waals surface area contributed by atoms with Crippen molar-refractivity contribution in [1.29, 1.82) is 0 Å². The number of carbonyl (C=O) groups is 1. The third kappa shape index (κ3) is 4.37. The van der Waals surface area contributed by atoms with E-state index in [0.717, 1.165) is 17.4 Å². The largest absolute Gasteiger partial charge is 0.509 e. The molecular weight excluding hydrogens is 447 g/mol. The third-order valence-electron chi connectivity index (χ3n) is 5.49. The molecule has 4 rings (SSSR count). The number of aliphatic hydroxyl groups excluding tert-OH is 1. The minimum Gasteiger partial charge on any atom is -0.509 e. The Hall–Kier alpha value is -2.83. The van der Waals surface area contributed by atoms with E-state index in [4.69, 9.17) is 4.52 Å². The number of nitrogens with one attached hydrogen (secondary N) is 1. The van der Waals surface area contributed by atoms with E-state index in [-0.39, 0.29) is 23.7 Å². The fourth-order valence-electron chi connectivity index (χ4n) is 4.13. The van der Waals surface area contributed by atoms with E-state index in [9.17, 15) is 18.7 Å². The van der Waals surface area contributed by atoms with Crippen molar-refractivity contribution in [2.75, 3.05) is 6.61 Å². The summed E-state index contributed by atoms with van der Waals surface area (Å²) >= 11 is 0. The number of amides is 1. The van der Waals surface area contributed by atoms with Gasteiger partial charge in [-0.05, 0) is 42.2 Å². The van der Waals surface area contributed by atoms with Gasteiger partial charge in [-0.3, -0.25) is 4.79 Å². The maximum atomic E-state index is 13.8. The highest BCUT2D eigenvalue weighted by Crippen LogP contribution is 2.42. The molecule has 0 spiro atoms. The topological polar surface area (TPSA) is 74.2 Å². The number of para-hydroxylation sites is 1. The first-order valence-electron chi connectivity index (χ1n) is 10.7. The monoisotopic (exact) mass is 473 g/mol. The fourth-order valence-corrected chi connectivity index (χ4v) is 5.62. The molecule has 0 aromatic heterocycles. The van der Waals surface area contributed by atoms with Gasteiger partial charge in [-0.2, -0.15) is 0 Å². The smallest absolute Gasteiger partial charge is 0.262 e. The van der Waals surface area contributed by atoms with Gasteiger partial charge in [0.05, 0.1) is 18.3 Å². The number of nitrogens with zero attached hydrogens (tertiary/aromatic N) is 2. The van der Waals surface area contributed by atoms with E-state index in [0.29, 0.717) is 17.9 Å². The number of carbonyl (C=O) groups excluding carboxylic acids is 1. The zero-order chi connectivity index (χ0) is 23.9. The van der Waals surface area contributed by atoms with Crippen molar-refractivity contribution in [3.63, 3.8) is 0 Å². The van der Waals surface area contributed by atoms with Crippen LogP contribution >= 0.6 is 8.30 Å². The first-order chi connectivity index (χ1) is 15.6. The normalized spacial score (nSPS) is 20.6. The summed E-state index contributed by atoms with van der Waals surface area (Å²) in [6, 6.07) is 10.4. The Bertz CT molecular complexity index is 1160. The van der Waals surface area contributed by atoms with Gasteiger partial charge in [-0.15, -0.1) is 0 Å². The first-order valence-corrected chi connectivity index (χ1v) is 11.9. The molecule has 0 radical (unpaired) electrons. The van der Waals surface area contributed by atoms with Crippen LogP contribution in [0.1, 0.15) is 33.3 Å². The maximum absolute atomic E-state index is 13.8. The van der Waals surface area contributed by atoms with E-state index in [1.807, 2.05) is 52.0 Å². The average Bonchev–Trinajstić information content (AvgIpc) is 3.00. The summed E-state index contributed by atoms with van der Waals surface area (Å²) in [5.41, 5.74) is 0.633. The molecule has 2 aromatic carbocycles. The van der Waals surface area contributed by atoms with Gasteiger partial charge in [0, 0.05) is 11.8 Å². The molecular formula is C24H26F2N3O3P. The van der Waals surface area contributed by atoms with Crippen molar-refractivity contribution >= 4 is 31.0 Å². The zero-order valence-electron chi connectivity index (χ0n) is 18.9. The van der Waals surface area contributed by atoms with Crippen LogP contribution in [0.25, 0.3) is 0 Å². The van der Waals surface area contributed by atoms with Gasteiger partial charge in [0.25, 0.3) is 5.91 Å². The van der Waals surface area contributed by atoms with E-state index < -0.39 is 37.3 Å². The van der Waals surface area contributed by atoms with Crippen LogP contribution in [0.5, 0.6) is 0 Å². The number of rotatable bonds is 5. The summed E-state index contributed by atoms with van der Waals surface area (Å²) in [5.74, 6) is -2.23. The lowest BCUT2D eigenvalue weighted by molar-refractivity contribution is -0.129. The number of halogens is 2. The molecule has 0 saturated carbocycles. The number of aliphatic imine (C=N–C) groups is 1. The number of hydrogen-bond donors (Lipinski definition) is 2. The zero-order valence-corrected chi connectivity index (χ0v) is 19.8. The maximum Gasteiger partial charge on any atom is 0.262 e. The highest BCUT2D eigenvalue weighted by molar-refractivity contribution is 7.60. The molecule has 6 nitrogen and oxygen atoms in total. The molecule has 2 heterocycles. The molecule has 0 bridgehead atoms. The summed E-state index contributed by atoms with van der Waals surface area (Å²) in [4.78, 5) is 19.7. The number of aliphatic hydroxyl groups is 1. The Balaban J connectivity index is 1.75. The molecule has 2 aliphatic heterocycles. The molecule has 2 atom stereocenters.